The predicted octanol–water partition coefficient (Wildman–Crippen LogP) is 5.53. The molecule has 0 rings (SSSR count). The van der Waals surface area contributed by atoms with Crippen LogP contribution in [0.3, 0.4) is 0 Å². The molecule has 0 fully saturated rings. The van der Waals surface area contributed by atoms with Gasteiger partial charge in [0.05, 0.1) is 5.38 Å². The van der Waals surface area contributed by atoms with Gasteiger partial charge in [-0.15, -0.1) is 11.6 Å². The van der Waals surface area contributed by atoms with Gasteiger partial charge >= 0.3 is 0 Å². The van der Waals surface area contributed by atoms with E-state index in [1.165, 1.54) is 19.3 Å². The summed E-state index contributed by atoms with van der Waals surface area (Å²) in [6.45, 7) is 3.79. The van der Waals surface area contributed by atoms with Crippen LogP contribution in [0.15, 0.2) is 0 Å². The summed E-state index contributed by atoms with van der Waals surface area (Å²) in [6, 6.07) is 0. The van der Waals surface area contributed by atoms with Crippen LogP contribution in [0.1, 0.15) is 44.9 Å². The second-order valence-corrected chi connectivity index (χ2v) is 6.31. The van der Waals surface area contributed by atoms with Crippen molar-refractivity contribution < 1.29 is 0 Å². The third-order valence-corrected chi connectivity index (χ3v) is 3.73. The molecule has 14 heavy (non-hydrogen) atoms. The fourth-order valence-corrected chi connectivity index (χ4v) is 1.68. The molecule has 0 aliphatic heterocycles. The van der Waals surface area contributed by atoms with Crippen molar-refractivity contribution in [2.75, 3.05) is 0 Å². The summed E-state index contributed by atoms with van der Waals surface area (Å²) < 4.78 is -1.32. The lowest BCUT2D eigenvalue weighted by Gasteiger charge is -2.17. The van der Waals surface area contributed by atoms with Crippen molar-refractivity contribution in [2.45, 2.75) is 54.1 Å². The zero-order valence-corrected chi connectivity index (χ0v) is 11.3. The van der Waals surface area contributed by atoms with Crippen LogP contribution in [0.2, 0.25) is 0 Å². The Hall–Kier alpha value is 1.16. The molecule has 0 nitrogen and oxygen atoms in total. The van der Waals surface area contributed by atoms with Crippen molar-refractivity contribution in [3.05, 3.63) is 6.92 Å². The van der Waals surface area contributed by atoms with E-state index in [0.29, 0.717) is 0 Å². The molecule has 4 heteroatoms. The molecule has 0 aliphatic carbocycles. The first-order chi connectivity index (χ1) is 6.48. The molecule has 0 amide bonds. The Balaban J connectivity index is 3.28. The van der Waals surface area contributed by atoms with Gasteiger partial charge in [-0.2, -0.15) is 0 Å². The highest BCUT2D eigenvalue weighted by Gasteiger charge is 2.29. The van der Waals surface area contributed by atoms with Gasteiger partial charge in [0.1, 0.15) is 0 Å². The van der Waals surface area contributed by atoms with Gasteiger partial charge in [-0.25, -0.2) is 0 Å². The number of hydrogen-bond donors (Lipinski definition) is 0. The maximum Gasteiger partial charge on any atom is 0.206 e. The van der Waals surface area contributed by atoms with Gasteiger partial charge in [0, 0.05) is 0 Å². The largest absolute Gasteiger partial charge is 0.206 e. The van der Waals surface area contributed by atoms with Gasteiger partial charge in [-0.3, -0.25) is 0 Å². The Morgan fingerprint density at radius 3 is 1.93 bits per heavy atom. The zero-order valence-electron chi connectivity index (χ0n) is 8.25. The predicted molar refractivity (Wildman–Crippen MR) is 67.6 cm³/mol. The van der Waals surface area contributed by atoms with E-state index < -0.39 is 3.79 Å². The van der Waals surface area contributed by atoms with Gasteiger partial charge in [0.15, 0.2) is 0 Å². The van der Waals surface area contributed by atoms with Crippen molar-refractivity contribution in [1.29, 1.82) is 0 Å². The first-order valence-electron chi connectivity index (χ1n) is 4.98. The summed E-state index contributed by atoms with van der Waals surface area (Å²) in [7, 11) is 0. The summed E-state index contributed by atoms with van der Waals surface area (Å²) in [4.78, 5) is 0. The van der Waals surface area contributed by atoms with Crippen molar-refractivity contribution in [2.24, 2.45) is 0 Å². The maximum absolute atomic E-state index is 5.89. The highest BCUT2D eigenvalue weighted by molar-refractivity contribution is 6.70. The third kappa shape index (κ3) is 8.47. The van der Waals surface area contributed by atoms with E-state index >= 15 is 0 Å². The lowest BCUT2D eigenvalue weighted by molar-refractivity contribution is 0.587. The van der Waals surface area contributed by atoms with E-state index in [1.54, 1.807) is 0 Å². The first kappa shape index (κ1) is 15.2. The molecule has 0 N–H and O–H groups in total. The Bertz CT molecular complexity index is 131. The van der Waals surface area contributed by atoms with E-state index in [-0.39, 0.29) is 5.38 Å². The van der Waals surface area contributed by atoms with Crippen molar-refractivity contribution >= 4 is 46.4 Å². The van der Waals surface area contributed by atoms with Crippen LogP contribution in [-0.2, 0) is 0 Å². The second kappa shape index (κ2) is 8.33. The molecule has 0 aliphatic rings. The quantitative estimate of drug-likeness (QED) is 0.424. The van der Waals surface area contributed by atoms with Crippen molar-refractivity contribution in [1.82, 2.24) is 0 Å². The molecular weight excluding hydrogens is 262 g/mol. The highest BCUT2D eigenvalue weighted by atomic mass is 35.6. The van der Waals surface area contributed by atoms with E-state index in [4.69, 9.17) is 46.4 Å². The molecule has 1 atom stereocenters. The molecule has 1 unspecified atom stereocenters. The van der Waals surface area contributed by atoms with Gasteiger partial charge in [0.2, 0.25) is 3.79 Å². The Morgan fingerprint density at radius 2 is 1.43 bits per heavy atom. The monoisotopic (exact) mass is 277 g/mol. The molecule has 0 aromatic carbocycles. The van der Waals surface area contributed by atoms with Gasteiger partial charge < -0.3 is 0 Å². The minimum absolute atomic E-state index is 0.375. The van der Waals surface area contributed by atoms with Crippen LogP contribution >= 0.6 is 46.4 Å². The highest BCUT2D eigenvalue weighted by Crippen LogP contribution is 2.36. The van der Waals surface area contributed by atoms with E-state index in [1.807, 2.05) is 0 Å². The summed E-state index contributed by atoms with van der Waals surface area (Å²) in [5.41, 5.74) is 0. The Morgan fingerprint density at radius 1 is 0.929 bits per heavy atom. The SMILES string of the molecule is [CH2]CCCCCCCC(Cl)C(Cl)(Cl)Cl. The van der Waals surface area contributed by atoms with Crippen LogP contribution in [0.5, 0.6) is 0 Å². The second-order valence-electron chi connectivity index (χ2n) is 3.42. The molecule has 1 radical (unpaired) electrons. The van der Waals surface area contributed by atoms with Crippen LogP contribution in [0, 0.1) is 6.92 Å². The molecule has 0 bridgehead atoms. The lowest BCUT2D eigenvalue weighted by atomic mass is 10.1. The van der Waals surface area contributed by atoms with Crippen molar-refractivity contribution in [3.63, 3.8) is 0 Å². The fourth-order valence-electron chi connectivity index (χ4n) is 1.19. The average molecular weight is 279 g/mol. The summed E-state index contributed by atoms with van der Waals surface area (Å²) >= 11 is 22.8. The summed E-state index contributed by atoms with van der Waals surface area (Å²) in [5, 5.41) is -0.375. The van der Waals surface area contributed by atoms with Gasteiger partial charge in [-0.1, -0.05) is 80.3 Å². The first-order valence-corrected chi connectivity index (χ1v) is 6.55. The van der Waals surface area contributed by atoms with E-state index in [9.17, 15) is 0 Å². The smallest absolute Gasteiger partial charge is 0.118 e. The molecule has 0 aromatic rings. The molecule has 0 spiro atoms. The van der Waals surface area contributed by atoms with Crippen LogP contribution in [0.4, 0.5) is 0 Å². The van der Waals surface area contributed by atoms with Gasteiger partial charge in [-0.05, 0) is 6.42 Å². The number of unbranched alkanes of at least 4 members (excludes halogenated alkanes) is 5. The molecule has 0 aromatic heterocycles. The topological polar surface area (TPSA) is 0 Å². The number of hydrogen-bond acceptors (Lipinski definition) is 0. The van der Waals surface area contributed by atoms with E-state index in [0.717, 1.165) is 25.7 Å². The number of halogens is 4. The standard InChI is InChI=1S/C10H17Cl4/c1-2-3-4-5-6-7-8-9(11)10(12,13)14/h9H,1-8H2. The molecule has 85 valence electrons. The molecular formula is C10H17Cl4. The van der Waals surface area contributed by atoms with Crippen molar-refractivity contribution in [3.8, 4) is 0 Å². The van der Waals surface area contributed by atoms with E-state index in [2.05, 4.69) is 6.92 Å². The summed E-state index contributed by atoms with van der Waals surface area (Å²) in [6.07, 6.45) is 7.63. The van der Waals surface area contributed by atoms with Crippen LogP contribution in [-0.4, -0.2) is 9.17 Å². The van der Waals surface area contributed by atoms with Crippen LogP contribution in [0.25, 0.3) is 0 Å². The number of rotatable bonds is 7. The number of alkyl halides is 4. The molecule has 0 saturated heterocycles. The summed E-state index contributed by atoms with van der Waals surface area (Å²) in [5.74, 6) is 0. The van der Waals surface area contributed by atoms with Gasteiger partial charge in [0.25, 0.3) is 0 Å². The van der Waals surface area contributed by atoms with Crippen LogP contribution < -0.4 is 0 Å². The minimum atomic E-state index is -1.32. The Labute approximate surface area is 107 Å². The lowest BCUT2D eigenvalue weighted by Crippen LogP contribution is -2.18. The third-order valence-electron chi connectivity index (χ3n) is 2.06. The molecule has 0 saturated carbocycles. The fraction of sp³-hybridized carbons (Fsp3) is 0.900. The maximum atomic E-state index is 5.89. The molecule has 0 heterocycles. The normalized spacial score (nSPS) is 14.4. The minimum Gasteiger partial charge on any atom is -0.118 e. The Kier molecular flexibility index (Phi) is 9.02. The average Bonchev–Trinajstić information content (AvgIpc) is 2.09. The zero-order chi connectivity index (χ0) is 11.0.